The van der Waals surface area contributed by atoms with Crippen molar-refractivity contribution in [3.05, 3.63) is 28.7 Å². The number of piperazine rings is 1. The molecular formula is C11H11BrN2O2. The van der Waals surface area contributed by atoms with Crippen molar-refractivity contribution in [1.82, 2.24) is 5.32 Å². The third-order valence-electron chi connectivity index (χ3n) is 2.58. The van der Waals surface area contributed by atoms with Crippen LogP contribution in [-0.4, -0.2) is 24.4 Å². The number of carbonyl (C=O) groups is 2. The number of nitrogens with one attached hydrogen (secondary N) is 1. The summed E-state index contributed by atoms with van der Waals surface area (Å²) in [6.07, 6.45) is 0. The van der Waals surface area contributed by atoms with Crippen LogP contribution in [0.1, 0.15) is 6.92 Å². The van der Waals surface area contributed by atoms with Crippen LogP contribution in [0.3, 0.4) is 0 Å². The number of carbonyl (C=O) groups excluding carboxylic acids is 2. The van der Waals surface area contributed by atoms with Gasteiger partial charge in [0.15, 0.2) is 0 Å². The minimum absolute atomic E-state index is 0.217. The summed E-state index contributed by atoms with van der Waals surface area (Å²) in [4.78, 5) is 24.5. The van der Waals surface area contributed by atoms with Gasteiger partial charge in [-0.3, -0.25) is 14.9 Å². The number of nitrogens with zero attached hydrogens (tertiary/aromatic N) is 1. The number of rotatable bonds is 1. The maximum absolute atomic E-state index is 11.5. The van der Waals surface area contributed by atoms with Crippen molar-refractivity contribution in [3.8, 4) is 0 Å². The van der Waals surface area contributed by atoms with E-state index in [0.717, 1.165) is 10.2 Å². The van der Waals surface area contributed by atoms with E-state index in [2.05, 4.69) is 21.2 Å². The summed E-state index contributed by atoms with van der Waals surface area (Å²) in [7, 11) is 0. The molecule has 4 nitrogen and oxygen atoms in total. The van der Waals surface area contributed by atoms with Crippen molar-refractivity contribution >= 4 is 33.4 Å². The summed E-state index contributed by atoms with van der Waals surface area (Å²) >= 11 is 3.34. The first-order chi connectivity index (χ1) is 7.58. The van der Waals surface area contributed by atoms with E-state index >= 15 is 0 Å². The quantitative estimate of drug-likeness (QED) is 0.790. The Hall–Kier alpha value is -1.36. The molecule has 0 saturated carbocycles. The van der Waals surface area contributed by atoms with E-state index in [9.17, 15) is 9.59 Å². The second kappa shape index (κ2) is 4.25. The van der Waals surface area contributed by atoms with Crippen LogP contribution in [0.15, 0.2) is 28.7 Å². The van der Waals surface area contributed by atoms with Gasteiger partial charge in [0, 0.05) is 10.2 Å². The highest BCUT2D eigenvalue weighted by molar-refractivity contribution is 9.10. The summed E-state index contributed by atoms with van der Waals surface area (Å²) in [6, 6.07) is 7.22. The third kappa shape index (κ3) is 2.09. The molecule has 0 aromatic heterocycles. The van der Waals surface area contributed by atoms with Gasteiger partial charge in [0.05, 0.1) is 6.54 Å². The lowest BCUT2D eigenvalue weighted by molar-refractivity contribution is -0.132. The van der Waals surface area contributed by atoms with Crippen LogP contribution < -0.4 is 10.2 Å². The molecule has 1 heterocycles. The molecule has 1 unspecified atom stereocenters. The van der Waals surface area contributed by atoms with Crippen molar-refractivity contribution in [2.45, 2.75) is 13.0 Å². The smallest absolute Gasteiger partial charge is 0.249 e. The molecule has 1 aromatic rings. The van der Waals surface area contributed by atoms with Gasteiger partial charge in [-0.25, -0.2) is 0 Å². The van der Waals surface area contributed by atoms with Gasteiger partial charge in [-0.15, -0.1) is 0 Å². The minimum atomic E-state index is -0.320. The SMILES string of the molecule is CC1C(=O)NC(=O)CN1c1ccc(Br)cc1. The fourth-order valence-electron chi connectivity index (χ4n) is 1.66. The van der Waals surface area contributed by atoms with Gasteiger partial charge in [0.25, 0.3) is 0 Å². The van der Waals surface area contributed by atoms with Gasteiger partial charge in [-0.05, 0) is 31.2 Å². The predicted molar refractivity (Wildman–Crippen MR) is 64.1 cm³/mol. The van der Waals surface area contributed by atoms with Crippen LogP contribution >= 0.6 is 15.9 Å². The molecular weight excluding hydrogens is 272 g/mol. The van der Waals surface area contributed by atoms with Crippen molar-refractivity contribution in [1.29, 1.82) is 0 Å². The topological polar surface area (TPSA) is 49.4 Å². The normalized spacial score (nSPS) is 20.9. The molecule has 1 aliphatic rings. The Morgan fingerprint density at radius 3 is 2.56 bits per heavy atom. The molecule has 0 aliphatic carbocycles. The van der Waals surface area contributed by atoms with Crippen LogP contribution in [0, 0.1) is 0 Å². The molecule has 0 radical (unpaired) electrons. The Kier molecular flexibility index (Phi) is 2.96. The summed E-state index contributed by atoms with van der Waals surface area (Å²) in [5, 5.41) is 2.31. The number of hydrogen-bond acceptors (Lipinski definition) is 3. The van der Waals surface area contributed by atoms with E-state index in [1.165, 1.54) is 0 Å². The zero-order valence-electron chi connectivity index (χ0n) is 8.74. The lowest BCUT2D eigenvalue weighted by Crippen LogP contribution is -2.57. The number of halogens is 1. The second-order valence-corrected chi connectivity index (χ2v) is 4.61. The van der Waals surface area contributed by atoms with Gasteiger partial charge < -0.3 is 4.90 Å². The summed E-state index contributed by atoms with van der Waals surface area (Å²) in [5.41, 5.74) is 0.874. The van der Waals surface area contributed by atoms with E-state index < -0.39 is 0 Å². The number of imide groups is 1. The minimum Gasteiger partial charge on any atom is -0.350 e. The Labute approximate surface area is 102 Å². The Morgan fingerprint density at radius 1 is 1.31 bits per heavy atom. The van der Waals surface area contributed by atoms with Gasteiger partial charge in [-0.1, -0.05) is 15.9 Å². The van der Waals surface area contributed by atoms with Crippen molar-refractivity contribution < 1.29 is 9.59 Å². The molecule has 1 aromatic carbocycles. The van der Waals surface area contributed by atoms with Crippen LogP contribution in [0.25, 0.3) is 0 Å². The fourth-order valence-corrected chi connectivity index (χ4v) is 1.93. The first kappa shape index (κ1) is 11.1. The zero-order valence-corrected chi connectivity index (χ0v) is 10.3. The lowest BCUT2D eigenvalue weighted by atomic mass is 10.1. The van der Waals surface area contributed by atoms with E-state index in [1.807, 2.05) is 24.3 Å². The average Bonchev–Trinajstić information content (AvgIpc) is 2.25. The highest BCUT2D eigenvalue weighted by Crippen LogP contribution is 2.21. The molecule has 2 rings (SSSR count). The molecule has 1 aliphatic heterocycles. The predicted octanol–water partition coefficient (Wildman–Crippen LogP) is 1.30. The zero-order chi connectivity index (χ0) is 11.7. The molecule has 84 valence electrons. The Bertz CT molecular complexity index is 430. The first-order valence-corrected chi connectivity index (χ1v) is 5.73. The maximum Gasteiger partial charge on any atom is 0.249 e. The van der Waals surface area contributed by atoms with E-state index in [-0.39, 0.29) is 24.4 Å². The van der Waals surface area contributed by atoms with E-state index in [1.54, 1.807) is 11.8 Å². The standard InChI is InChI=1S/C11H11BrN2O2/c1-7-11(16)13-10(15)6-14(7)9-4-2-8(12)3-5-9/h2-5,7H,6H2,1H3,(H,13,15,16). The largest absolute Gasteiger partial charge is 0.350 e. The second-order valence-electron chi connectivity index (χ2n) is 3.69. The summed E-state index contributed by atoms with van der Waals surface area (Å²) in [6.45, 7) is 2.00. The maximum atomic E-state index is 11.5. The first-order valence-electron chi connectivity index (χ1n) is 4.94. The molecule has 5 heteroatoms. The van der Waals surface area contributed by atoms with E-state index in [4.69, 9.17) is 0 Å². The molecule has 1 atom stereocenters. The molecule has 16 heavy (non-hydrogen) atoms. The highest BCUT2D eigenvalue weighted by atomic mass is 79.9. The number of hydrogen-bond donors (Lipinski definition) is 1. The number of anilines is 1. The molecule has 1 saturated heterocycles. The molecule has 2 amide bonds. The number of amides is 2. The fraction of sp³-hybridized carbons (Fsp3) is 0.273. The van der Waals surface area contributed by atoms with Crippen LogP contribution in [0.2, 0.25) is 0 Å². The van der Waals surface area contributed by atoms with Gasteiger partial charge in [0.2, 0.25) is 11.8 Å². The monoisotopic (exact) mass is 282 g/mol. The summed E-state index contributed by atoms with van der Waals surface area (Å²) < 4.78 is 0.969. The van der Waals surface area contributed by atoms with Gasteiger partial charge >= 0.3 is 0 Å². The van der Waals surface area contributed by atoms with Crippen LogP contribution in [0.5, 0.6) is 0 Å². The van der Waals surface area contributed by atoms with E-state index in [0.29, 0.717) is 0 Å². The van der Waals surface area contributed by atoms with Crippen LogP contribution in [-0.2, 0) is 9.59 Å². The Balaban J connectivity index is 2.28. The number of benzene rings is 1. The molecule has 0 bridgehead atoms. The lowest BCUT2D eigenvalue weighted by Gasteiger charge is -2.33. The van der Waals surface area contributed by atoms with Crippen molar-refractivity contribution in [3.63, 3.8) is 0 Å². The average molecular weight is 283 g/mol. The molecule has 1 fully saturated rings. The highest BCUT2D eigenvalue weighted by Gasteiger charge is 2.30. The van der Waals surface area contributed by atoms with Crippen LogP contribution in [0.4, 0.5) is 5.69 Å². The van der Waals surface area contributed by atoms with Crippen molar-refractivity contribution in [2.24, 2.45) is 0 Å². The summed E-state index contributed by atoms with van der Waals surface area (Å²) in [5.74, 6) is -0.509. The third-order valence-corrected chi connectivity index (χ3v) is 3.11. The molecule has 0 spiro atoms. The van der Waals surface area contributed by atoms with Gasteiger partial charge in [0.1, 0.15) is 6.04 Å². The Morgan fingerprint density at radius 2 is 1.94 bits per heavy atom. The molecule has 1 N–H and O–H groups in total. The van der Waals surface area contributed by atoms with Crippen molar-refractivity contribution in [2.75, 3.05) is 11.4 Å². The van der Waals surface area contributed by atoms with Gasteiger partial charge in [-0.2, -0.15) is 0 Å².